The summed E-state index contributed by atoms with van der Waals surface area (Å²) in [5.74, 6) is 0. The highest BCUT2D eigenvalue weighted by Crippen LogP contribution is 2.06. The Labute approximate surface area is 96.4 Å². The van der Waals surface area contributed by atoms with Gasteiger partial charge in [-0.1, -0.05) is 6.92 Å². The quantitative estimate of drug-likeness (QED) is 0.732. The number of nitriles is 1. The number of hydrogen-bond acceptors (Lipinski definition) is 4. The number of morpholine rings is 1. The SMILES string of the molecule is CCC(CC#N)NS(=O)(=O)N1CCOCC1. The molecule has 1 N–H and O–H groups in total. The first-order valence-electron chi connectivity index (χ1n) is 5.32. The molecule has 7 heteroatoms. The normalized spacial score (nSPS) is 20.2. The molecule has 1 aliphatic heterocycles. The van der Waals surface area contributed by atoms with Gasteiger partial charge in [0.15, 0.2) is 0 Å². The van der Waals surface area contributed by atoms with E-state index < -0.39 is 10.2 Å². The van der Waals surface area contributed by atoms with Gasteiger partial charge in [0.05, 0.1) is 25.7 Å². The summed E-state index contributed by atoms with van der Waals surface area (Å²) >= 11 is 0. The summed E-state index contributed by atoms with van der Waals surface area (Å²) in [4.78, 5) is 0. The van der Waals surface area contributed by atoms with Crippen molar-refractivity contribution in [3.05, 3.63) is 0 Å². The topological polar surface area (TPSA) is 82.4 Å². The van der Waals surface area contributed by atoms with Crippen molar-refractivity contribution in [2.45, 2.75) is 25.8 Å². The van der Waals surface area contributed by atoms with Crippen LogP contribution >= 0.6 is 0 Å². The Morgan fingerprint density at radius 1 is 1.50 bits per heavy atom. The predicted molar refractivity (Wildman–Crippen MR) is 58.8 cm³/mol. The van der Waals surface area contributed by atoms with Crippen LogP contribution in [0, 0.1) is 11.3 Å². The highest BCUT2D eigenvalue weighted by atomic mass is 32.2. The van der Waals surface area contributed by atoms with Gasteiger partial charge in [0.1, 0.15) is 0 Å². The molecule has 1 rings (SSSR count). The Balaban J connectivity index is 2.59. The number of nitrogens with zero attached hydrogens (tertiary/aromatic N) is 2. The van der Waals surface area contributed by atoms with Crippen LogP contribution in [0.25, 0.3) is 0 Å². The van der Waals surface area contributed by atoms with Crippen LogP contribution in [0.1, 0.15) is 19.8 Å². The number of rotatable bonds is 5. The van der Waals surface area contributed by atoms with Crippen molar-refractivity contribution in [2.75, 3.05) is 26.3 Å². The smallest absolute Gasteiger partial charge is 0.279 e. The van der Waals surface area contributed by atoms with Crippen molar-refractivity contribution in [1.82, 2.24) is 9.03 Å². The van der Waals surface area contributed by atoms with Gasteiger partial charge in [0, 0.05) is 19.1 Å². The van der Waals surface area contributed by atoms with E-state index in [1.54, 1.807) is 0 Å². The zero-order valence-corrected chi connectivity index (χ0v) is 10.2. The second-order valence-electron chi connectivity index (χ2n) is 3.60. The lowest BCUT2D eigenvalue weighted by Crippen LogP contribution is -2.49. The van der Waals surface area contributed by atoms with Gasteiger partial charge < -0.3 is 4.74 Å². The average Bonchev–Trinajstić information content (AvgIpc) is 2.29. The summed E-state index contributed by atoms with van der Waals surface area (Å²) < 4.78 is 32.7. The van der Waals surface area contributed by atoms with Crippen LogP contribution in [0.4, 0.5) is 0 Å². The fourth-order valence-corrected chi connectivity index (χ4v) is 2.90. The molecular weight excluding hydrogens is 230 g/mol. The molecular formula is C9H17N3O3S. The molecule has 1 fully saturated rings. The third-order valence-corrected chi connectivity index (χ3v) is 4.13. The molecule has 0 bridgehead atoms. The van der Waals surface area contributed by atoms with E-state index in [4.69, 9.17) is 10.00 Å². The molecule has 0 aromatic rings. The Hall–Kier alpha value is -0.680. The maximum Gasteiger partial charge on any atom is 0.279 e. The van der Waals surface area contributed by atoms with Gasteiger partial charge in [0.25, 0.3) is 10.2 Å². The highest BCUT2D eigenvalue weighted by molar-refractivity contribution is 7.87. The fourth-order valence-electron chi connectivity index (χ4n) is 1.45. The van der Waals surface area contributed by atoms with Crippen molar-refractivity contribution in [2.24, 2.45) is 0 Å². The van der Waals surface area contributed by atoms with Crippen LogP contribution in [0.3, 0.4) is 0 Å². The summed E-state index contributed by atoms with van der Waals surface area (Å²) in [6.45, 7) is 3.45. The van der Waals surface area contributed by atoms with Gasteiger partial charge in [-0.2, -0.15) is 22.7 Å². The minimum absolute atomic E-state index is 0.195. The largest absolute Gasteiger partial charge is 0.379 e. The van der Waals surface area contributed by atoms with Crippen LogP contribution in [0.2, 0.25) is 0 Å². The first-order chi connectivity index (χ1) is 7.60. The Morgan fingerprint density at radius 3 is 2.62 bits per heavy atom. The van der Waals surface area contributed by atoms with Crippen molar-refractivity contribution in [3.8, 4) is 6.07 Å². The monoisotopic (exact) mass is 247 g/mol. The zero-order chi connectivity index (χ0) is 12.0. The Morgan fingerprint density at radius 2 is 2.12 bits per heavy atom. The lowest BCUT2D eigenvalue weighted by atomic mass is 10.2. The van der Waals surface area contributed by atoms with Gasteiger partial charge in [-0.05, 0) is 6.42 Å². The second-order valence-corrected chi connectivity index (χ2v) is 5.30. The number of hydrogen-bond donors (Lipinski definition) is 1. The van der Waals surface area contributed by atoms with E-state index in [1.165, 1.54) is 4.31 Å². The standard InChI is InChI=1S/C9H17N3O3S/c1-2-9(3-4-10)11-16(13,14)12-5-7-15-8-6-12/h9,11H,2-3,5-8H2,1H3. The van der Waals surface area contributed by atoms with Crippen molar-refractivity contribution >= 4 is 10.2 Å². The summed E-state index contributed by atoms with van der Waals surface area (Å²) in [5.41, 5.74) is 0. The van der Waals surface area contributed by atoms with E-state index in [-0.39, 0.29) is 12.5 Å². The van der Waals surface area contributed by atoms with Crippen LogP contribution in [-0.2, 0) is 14.9 Å². The summed E-state index contributed by atoms with van der Waals surface area (Å²) in [7, 11) is -3.46. The zero-order valence-electron chi connectivity index (χ0n) is 9.35. The van der Waals surface area contributed by atoms with Crippen LogP contribution in [-0.4, -0.2) is 45.1 Å². The predicted octanol–water partition coefficient (Wildman–Crippen LogP) is -0.155. The van der Waals surface area contributed by atoms with Crippen molar-refractivity contribution in [1.29, 1.82) is 5.26 Å². The fraction of sp³-hybridized carbons (Fsp3) is 0.889. The highest BCUT2D eigenvalue weighted by Gasteiger charge is 2.26. The van der Waals surface area contributed by atoms with E-state index in [0.717, 1.165) is 0 Å². The van der Waals surface area contributed by atoms with Crippen LogP contribution < -0.4 is 4.72 Å². The second kappa shape index (κ2) is 6.15. The summed E-state index contributed by atoms with van der Waals surface area (Å²) in [6.07, 6.45) is 0.803. The average molecular weight is 247 g/mol. The molecule has 1 aliphatic rings. The molecule has 0 aliphatic carbocycles. The van der Waals surface area contributed by atoms with E-state index in [1.807, 2.05) is 13.0 Å². The van der Waals surface area contributed by atoms with E-state index in [9.17, 15) is 8.42 Å². The van der Waals surface area contributed by atoms with Crippen molar-refractivity contribution in [3.63, 3.8) is 0 Å². The van der Waals surface area contributed by atoms with Gasteiger partial charge in [-0.15, -0.1) is 0 Å². The first kappa shape index (κ1) is 13.4. The molecule has 1 saturated heterocycles. The molecule has 0 aromatic heterocycles. The summed E-state index contributed by atoms with van der Waals surface area (Å²) in [5, 5.41) is 8.56. The van der Waals surface area contributed by atoms with E-state index >= 15 is 0 Å². The lowest BCUT2D eigenvalue weighted by Gasteiger charge is -2.27. The Kier molecular flexibility index (Phi) is 5.15. The first-order valence-corrected chi connectivity index (χ1v) is 6.76. The number of nitrogens with one attached hydrogen (secondary N) is 1. The molecule has 0 amide bonds. The molecule has 0 aromatic carbocycles. The summed E-state index contributed by atoms with van der Waals surface area (Å²) in [6, 6.07) is 1.67. The molecule has 0 radical (unpaired) electrons. The molecule has 0 spiro atoms. The van der Waals surface area contributed by atoms with Gasteiger partial charge in [0.2, 0.25) is 0 Å². The van der Waals surface area contributed by atoms with E-state index in [0.29, 0.717) is 32.7 Å². The molecule has 16 heavy (non-hydrogen) atoms. The minimum atomic E-state index is -3.46. The van der Waals surface area contributed by atoms with Gasteiger partial charge >= 0.3 is 0 Å². The molecule has 0 saturated carbocycles. The lowest BCUT2D eigenvalue weighted by molar-refractivity contribution is 0.0723. The minimum Gasteiger partial charge on any atom is -0.379 e. The van der Waals surface area contributed by atoms with Crippen LogP contribution in [0.15, 0.2) is 0 Å². The van der Waals surface area contributed by atoms with E-state index in [2.05, 4.69) is 4.72 Å². The third-order valence-electron chi connectivity index (χ3n) is 2.46. The van der Waals surface area contributed by atoms with Crippen molar-refractivity contribution < 1.29 is 13.2 Å². The van der Waals surface area contributed by atoms with Gasteiger partial charge in [-0.3, -0.25) is 0 Å². The third kappa shape index (κ3) is 3.72. The maximum atomic E-state index is 11.9. The number of ether oxygens (including phenoxy) is 1. The molecule has 1 atom stereocenters. The molecule has 1 heterocycles. The van der Waals surface area contributed by atoms with Gasteiger partial charge in [-0.25, -0.2) is 0 Å². The molecule has 92 valence electrons. The maximum absolute atomic E-state index is 11.9. The Bertz CT molecular complexity index is 344. The van der Waals surface area contributed by atoms with Crippen LogP contribution in [0.5, 0.6) is 0 Å². The molecule has 6 nitrogen and oxygen atoms in total. The molecule has 1 unspecified atom stereocenters.